The molecule has 4 N–H and O–H groups in total. The summed E-state index contributed by atoms with van der Waals surface area (Å²) in [5.41, 5.74) is 5.37. The van der Waals surface area contributed by atoms with E-state index in [-0.39, 0.29) is 20.4 Å². The molecule has 12 aliphatic rings. The number of carbonyl (C=O) groups excluding carboxylic acids is 2. The number of nitrogens with one attached hydrogen (secondary N) is 2. The highest BCUT2D eigenvalue weighted by Gasteiger charge is 2.34. The average Bonchev–Trinajstić information content (AvgIpc) is 1.47. The van der Waals surface area contributed by atoms with Gasteiger partial charge in [0.25, 0.3) is 0 Å². The van der Waals surface area contributed by atoms with Crippen LogP contribution in [0, 0.1) is 59.2 Å². The molecule has 0 aromatic heterocycles. The van der Waals surface area contributed by atoms with Crippen LogP contribution in [0.5, 0.6) is 0 Å². The smallest absolute Gasteiger partial charge is 0.410 e. The summed E-state index contributed by atoms with van der Waals surface area (Å²) in [4.78, 5) is 51.8. The minimum atomic E-state index is -3.23. The second-order valence-corrected chi connectivity index (χ2v) is 37.7. The average molecular weight is 1690 g/mol. The predicted octanol–water partition coefficient (Wildman–Crippen LogP) is 16.6. The zero-order valence-corrected chi connectivity index (χ0v) is 76.8. The fourth-order valence-electron chi connectivity index (χ4n) is 18.9. The number of likely N-dealkylation sites (tertiary alicyclic amines) is 8. The first-order valence-electron chi connectivity index (χ1n) is 47.6. The van der Waals surface area contributed by atoms with E-state index in [1.165, 1.54) is 281 Å². The van der Waals surface area contributed by atoms with Gasteiger partial charge in [0.2, 0.25) is 5.91 Å². The van der Waals surface area contributed by atoms with E-state index in [2.05, 4.69) is 175 Å². The third-order valence-electron chi connectivity index (χ3n) is 26.8. The lowest BCUT2D eigenvalue weighted by atomic mass is 9.86. The summed E-state index contributed by atoms with van der Waals surface area (Å²) in [6.45, 7) is 47.4. The van der Waals surface area contributed by atoms with E-state index >= 15 is 0 Å². The standard InChI is InChI=1S/C22H34N2O2.C19H28N2O.C19H30N2.C17H26N2.C12H24N2.2C4H8O.C2H2F2O2.CH4O.BH2/c1-22(2,3)26-21(25)24-13-11-18(12-14-24)9-10-20-16-23(17-20)15-19-7-5-4-6-8-19;1-16(22)21-11-9-17(10-12-21)7-8-19-14-20(15-19)13-18-5-3-2-4-6-18;1-2-20-12-10-17(11-13-20)8-9-19-15-21(16-19)14-18-6-4-3-5-7-18;1-2-4-16(5-3-1)12-19-13-17(14-19)7-6-15-8-10-18-11-9-15;1-2-14-7-5-11(6-8-14)3-4-12-9-13-10-12;2*1-2-4-5-3-1;3-1(4)2(5)6;1-2;/h4-8,18,20H,9-17H2,1-3H3;2-6,17,19H,7-15H2,1H3;3-7,17,19H,2,8-16H2,1H3;1-5,15,17-18H,6-14H2;11-13H,2-10H2,1H3;2*1-4H2;1H,(H,5,6);2H,1H3;1H2. The number of carbonyl (C=O) groups is 3. The second kappa shape index (κ2) is 59.5. The van der Waals surface area contributed by atoms with Crippen LogP contribution in [0.15, 0.2) is 121 Å². The molecule has 4 aromatic carbocycles. The van der Waals surface area contributed by atoms with Crippen molar-refractivity contribution in [3.8, 4) is 0 Å². The van der Waals surface area contributed by atoms with Crippen LogP contribution in [0.4, 0.5) is 13.6 Å². The Morgan fingerprint density at radius 1 is 0.397 bits per heavy atom. The topological polar surface area (TPSA) is 169 Å². The highest BCUT2D eigenvalue weighted by atomic mass is 19.3. The Bertz CT molecular complexity index is 3210. The summed E-state index contributed by atoms with van der Waals surface area (Å²) in [7, 11) is 1.00. The molecule has 2 amide bonds. The Balaban J connectivity index is 0.000000199. The van der Waals surface area contributed by atoms with Gasteiger partial charge in [-0.25, -0.2) is 9.59 Å². The molecule has 12 aliphatic heterocycles. The van der Waals surface area contributed by atoms with E-state index < -0.39 is 18.0 Å². The van der Waals surface area contributed by atoms with Crippen molar-refractivity contribution in [2.24, 2.45) is 59.2 Å². The molecule has 18 nitrogen and oxygen atoms in total. The molecule has 0 unspecified atom stereocenters. The van der Waals surface area contributed by atoms with Gasteiger partial charge >= 0.3 is 18.5 Å². The lowest BCUT2D eigenvalue weighted by molar-refractivity contribution is -0.149. The van der Waals surface area contributed by atoms with Gasteiger partial charge in [-0.3, -0.25) is 24.4 Å². The second-order valence-electron chi connectivity index (χ2n) is 37.7. The number of nitrogens with zero attached hydrogens (tertiary/aromatic N) is 8. The molecule has 121 heavy (non-hydrogen) atoms. The van der Waals surface area contributed by atoms with E-state index in [0.29, 0.717) is 0 Å². The highest BCUT2D eigenvalue weighted by Crippen LogP contribution is 2.34. The molecule has 16 rings (SSSR count). The van der Waals surface area contributed by atoms with Crippen molar-refractivity contribution in [3.05, 3.63) is 144 Å². The van der Waals surface area contributed by atoms with Gasteiger partial charge in [0.15, 0.2) is 0 Å². The van der Waals surface area contributed by atoms with Crippen LogP contribution >= 0.6 is 0 Å². The van der Waals surface area contributed by atoms with Crippen molar-refractivity contribution in [1.29, 1.82) is 0 Å². The van der Waals surface area contributed by atoms with E-state index in [0.717, 1.165) is 158 Å². The molecule has 0 bridgehead atoms. The van der Waals surface area contributed by atoms with Crippen LogP contribution in [0.3, 0.4) is 0 Å². The van der Waals surface area contributed by atoms with Gasteiger partial charge < -0.3 is 54.7 Å². The predicted molar refractivity (Wildman–Crippen MR) is 495 cm³/mol. The summed E-state index contributed by atoms with van der Waals surface area (Å²) < 4.78 is 36.5. The third kappa shape index (κ3) is 42.6. The van der Waals surface area contributed by atoms with Crippen LogP contribution < -0.4 is 10.6 Å². The molecule has 21 heteroatoms. The summed E-state index contributed by atoms with van der Waals surface area (Å²) in [5.74, 6) is 7.56. The van der Waals surface area contributed by atoms with E-state index in [1.807, 2.05) is 30.6 Å². The summed E-state index contributed by atoms with van der Waals surface area (Å²) >= 11 is 0. The number of halogens is 2. The number of aliphatic hydroxyl groups excluding tert-OH is 1. The Kier molecular flexibility index (Phi) is 50.5. The summed E-state index contributed by atoms with van der Waals surface area (Å²) in [6, 6.07) is 43.3. The third-order valence-corrected chi connectivity index (χ3v) is 26.8. The molecule has 12 heterocycles. The largest absolute Gasteiger partial charge is 0.477 e. The lowest BCUT2D eigenvalue weighted by Gasteiger charge is -2.40. The minimum Gasteiger partial charge on any atom is -0.477 e. The Hall–Kier alpha value is -5.43. The maximum atomic E-state index is 12.1. The van der Waals surface area contributed by atoms with Gasteiger partial charge in [0, 0.05) is 145 Å². The quantitative estimate of drug-likeness (QED) is 0.0438. The molecule has 0 spiro atoms. The normalized spacial score (nSPS) is 21.0. The molecule has 0 atom stereocenters. The van der Waals surface area contributed by atoms with Gasteiger partial charge in [0.05, 0.1) is 8.41 Å². The monoisotopic (exact) mass is 1680 g/mol. The molecule has 1 radical (unpaired) electrons. The number of hydrogen-bond acceptors (Lipinski definition) is 15. The number of hydrogen-bond donors (Lipinski definition) is 4. The molecule has 12 fully saturated rings. The fraction of sp³-hybridized carbons (Fsp3) is 0.730. The number of aliphatic hydroxyl groups is 1. The van der Waals surface area contributed by atoms with Gasteiger partial charge in [-0.2, -0.15) is 8.78 Å². The number of carboxylic acid groups (broad SMARTS) is 1. The van der Waals surface area contributed by atoms with E-state index in [1.54, 1.807) is 6.92 Å². The van der Waals surface area contributed by atoms with Gasteiger partial charge in [-0.1, -0.05) is 135 Å². The van der Waals surface area contributed by atoms with Crippen LogP contribution in [-0.2, 0) is 50.0 Å². The number of alkyl halides is 2. The van der Waals surface area contributed by atoms with Crippen molar-refractivity contribution in [1.82, 2.24) is 49.8 Å². The minimum absolute atomic E-state index is 0. The molecule has 0 aliphatic carbocycles. The Morgan fingerprint density at radius 2 is 0.653 bits per heavy atom. The summed E-state index contributed by atoms with van der Waals surface area (Å²) in [5, 5.41) is 21.1. The number of piperidine rings is 5. The first-order valence-corrected chi connectivity index (χ1v) is 47.6. The number of benzene rings is 4. The highest BCUT2D eigenvalue weighted by molar-refractivity contribution is 5.75. The number of carboxylic acids is 1. The SMILES string of the molecule is C1CCOC1.C1CCOC1.CC(=O)N1CCC(CCC2CN(Cc3ccccc3)C2)CC1.CC(C)(C)OC(=O)N1CCC(CCC2CN(Cc3ccccc3)C2)CC1.CCN1CCC(CCC2CN(Cc3ccccc3)C2)CC1.CCN1CCC(CCC2CNC2)CC1.CO.O=C(O)C(F)F.[BH2].c1ccc(CN2CC(CCC3CCNCC3)C2)cc1. The molecule has 4 aromatic rings. The van der Waals surface area contributed by atoms with E-state index in [4.69, 9.17) is 29.2 Å². The molecule has 0 saturated carbocycles. The van der Waals surface area contributed by atoms with Crippen molar-refractivity contribution in [2.75, 3.05) is 178 Å². The lowest BCUT2D eigenvalue weighted by Crippen LogP contribution is -2.46. The molecule has 681 valence electrons. The zero-order valence-electron chi connectivity index (χ0n) is 76.8. The van der Waals surface area contributed by atoms with Crippen molar-refractivity contribution in [3.63, 3.8) is 0 Å². The number of rotatable bonds is 26. The zero-order chi connectivity index (χ0) is 85.4. The molecule has 12 saturated heterocycles. The van der Waals surface area contributed by atoms with Crippen LogP contribution in [0.2, 0.25) is 0 Å². The van der Waals surface area contributed by atoms with E-state index in [9.17, 15) is 18.4 Å². The first-order chi connectivity index (χ1) is 58.3. The van der Waals surface area contributed by atoms with Crippen LogP contribution in [-0.4, -0.2) is 265 Å². The molecular weight excluding hydrogens is 1520 g/mol. The first kappa shape index (κ1) is 103. The van der Waals surface area contributed by atoms with Gasteiger partial charge in [-0.15, -0.1) is 0 Å². The summed E-state index contributed by atoms with van der Waals surface area (Å²) in [6.07, 6.45) is 29.2. The van der Waals surface area contributed by atoms with Gasteiger partial charge in [0.1, 0.15) is 5.60 Å². The van der Waals surface area contributed by atoms with Crippen LogP contribution in [0.1, 0.15) is 218 Å². The fourth-order valence-corrected chi connectivity index (χ4v) is 18.9. The Morgan fingerprint density at radius 3 is 0.884 bits per heavy atom. The number of aliphatic carboxylic acids is 1. The van der Waals surface area contributed by atoms with Crippen molar-refractivity contribution in [2.45, 2.75) is 234 Å². The van der Waals surface area contributed by atoms with Crippen molar-refractivity contribution >= 4 is 26.4 Å². The van der Waals surface area contributed by atoms with Gasteiger partial charge in [-0.05, 0) is 322 Å². The van der Waals surface area contributed by atoms with Crippen molar-refractivity contribution < 1.29 is 47.6 Å². The molecular formula is C100H166BF2N10O8. The maximum Gasteiger partial charge on any atom is 0.410 e. The Labute approximate surface area is 734 Å². The van der Waals surface area contributed by atoms with Crippen LogP contribution in [0.25, 0.3) is 0 Å². The maximum absolute atomic E-state index is 12.1. The number of amides is 2. The number of ether oxygens (including phenoxy) is 3.